The molecule has 24 heavy (non-hydrogen) atoms. The van der Waals surface area contributed by atoms with E-state index in [-0.39, 0.29) is 35.1 Å². The van der Waals surface area contributed by atoms with Crippen LogP contribution in [0.2, 0.25) is 0 Å². The Hall–Kier alpha value is -2.49. The molecule has 1 aliphatic heterocycles. The molecule has 2 amide bonds. The van der Waals surface area contributed by atoms with Crippen LogP contribution in [0, 0.1) is 23.0 Å². The minimum absolute atomic E-state index is 0.0127. The molecule has 1 aromatic carbocycles. The van der Waals surface area contributed by atoms with Crippen molar-refractivity contribution in [2.75, 3.05) is 11.5 Å². The lowest BCUT2D eigenvalue weighted by molar-refractivity contribution is -0.385. The predicted molar refractivity (Wildman–Crippen MR) is 84.8 cm³/mol. The quantitative estimate of drug-likeness (QED) is 0.596. The van der Waals surface area contributed by atoms with Gasteiger partial charge in [-0.3, -0.25) is 30.6 Å². The fourth-order valence-corrected chi connectivity index (χ4v) is 4.41. The van der Waals surface area contributed by atoms with Gasteiger partial charge in [0.25, 0.3) is 11.6 Å². The van der Waals surface area contributed by atoms with Crippen LogP contribution in [0.25, 0.3) is 0 Å². The Morgan fingerprint density at radius 1 is 1.33 bits per heavy atom. The maximum atomic E-state index is 11.9. The fourth-order valence-electron chi connectivity index (χ4n) is 2.55. The molecular formula is C14H17N3O6S. The lowest BCUT2D eigenvalue weighted by Gasteiger charge is -2.10. The molecule has 10 heteroatoms. The molecule has 130 valence electrons. The van der Waals surface area contributed by atoms with Crippen LogP contribution in [0.5, 0.6) is 0 Å². The normalized spacial score (nSPS) is 18.8. The average molecular weight is 355 g/mol. The van der Waals surface area contributed by atoms with E-state index in [4.69, 9.17) is 0 Å². The topological polar surface area (TPSA) is 135 Å². The molecule has 0 bridgehead atoms. The molecule has 1 heterocycles. The number of aryl methyl sites for hydroxylation is 1. The third kappa shape index (κ3) is 4.51. The SMILES string of the molecule is Cc1cc(C(=O)NNC(=O)C[C@@H]2CCS(=O)(=O)C2)ccc1[N+](=O)[O-]. The summed E-state index contributed by atoms with van der Waals surface area (Å²) in [5, 5.41) is 10.7. The molecule has 2 N–H and O–H groups in total. The van der Waals surface area contributed by atoms with E-state index in [0.29, 0.717) is 12.0 Å². The minimum Gasteiger partial charge on any atom is -0.273 e. The lowest BCUT2D eigenvalue weighted by atomic mass is 10.1. The zero-order valence-electron chi connectivity index (χ0n) is 12.9. The van der Waals surface area contributed by atoms with Gasteiger partial charge in [0.05, 0.1) is 16.4 Å². The first-order chi connectivity index (χ1) is 11.2. The fraction of sp³-hybridized carbons (Fsp3) is 0.429. The van der Waals surface area contributed by atoms with Crippen LogP contribution in [0.4, 0.5) is 5.69 Å². The second kappa shape index (κ2) is 6.95. The molecule has 9 nitrogen and oxygen atoms in total. The van der Waals surface area contributed by atoms with Crippen molar-refractivity contribution in [2.24, 2.45) is 5.92 Å². The second-order valence-corrected chi connectivity index (χ2v) is 7.96. The highest BCUT2D eigenvalue weighted by molar-refractivity contribution is 7.91. The number of amides is 2. The maximum absolute atomic E-state index is 11.9. The summed E-state index contributed by atoms with van der Waals surface area (Å²) in [6, 6.07) is 3.86. The summed E-state index contributed by atoms with van der Waals surface area (Å²) in [4.78, 5) is 33.9. The summed E-state index contributed by atoms with van der Waals surface area (Å²) in [5.41, 5.74) is 4.83. The molecule has 1 aliphatic rings. The van der Waals surface area contributed by atoms with E-state index in [2.05, 4.69) is 10.9 Å². The van der Waals surface area contributed by atoms with Crippen molar-refractivity contribution in [3.05, 3.63) is 39.4 Å². The lowest BCUT2D eigenvalue weighted by Crippen LogP contribution is -2.42. The van der Waals surface area contributed by atoms with E-state index in [9.17, 15) is 28.1 Å². The van der Waals surface area contributed by atoms with Gasteiger partial charge in [-0.05, 0) is 31.4 Å². The van der Waals surface area contributed by atoms with Gasteiger partial charge in [0.15, 0.2) is 9.84 Å². The van der Waals surface area contributed by atoms with E-state index >= 15 is 0 Å². The number of nitrogens with one attached hydrogen (secondary N) is 2. The van der Waals surface area contributed by atoms with Crippen LogP contribution in [0.1, 0.15) is 28.8 Å². The van der Waals surface area contributed by atoms with Crippen LogP contribution in [-0.2, 0) is 14.6 Å². The first-order valence-electron chi connectivity index (χ1n) is 7.22. The first kappa shape index (κ1) is 17.9. The minimum atomic E-state index is -3.05. The summed E-state index contributed by atoms with van der Waals surface area (Å²) in [6.45, 7) is 1.51. The molecule has 1 saturated heterocycles. The standard InChI is InChI=1S/C14H17N3O6S/c1-9-6-11(2-3-12(9)17(20)21)14(19)16-15-13(18)7-10-4-5-24(22,23)8-10/h2-3,6,10H,4-5,7-8H2,1H3,(H,15,18)(H,16,19)/t10-/m0/s1. The second-order valence-electron chi connectivity index (χ2n) is 5.73. The number of nitro groups is 1. The van der Waals surface area contributed by atoms with Crippen molar-refractivity contribution in [3.8, 4) is 0 Å². The summed E-state index contributed by atoms with van der Waals surface area (Å²) >= 11 is 0. The number of sulfone groups is 1. The van der Waals surface area contributed by atoms with Crippen molar-refractivity contribution < 1.29 is 22.9 Å². The molecule has 1 fully saturated rings. The smallest absolute Gasteiger partial charge is 0.272 e. The highest BCUT2D eigenvalue weighted by Crippen LogP contribution is 2.21. The Balaban J connectivity index is 1.88. The summed E-state index contributed by atoms with van der Waals surface area (Å²) in [5.74, 6) is -1.27. The Morgan fingerprint density at radius 2 is 2.04 bits per heavy atom. The van der Waals surface area contributed by atoms with Gasteiger partial charge in [0.2, 0.25) is 5.91 Å². The van der Waals surface area contributed by atoms with E-state index in [0.717, 1.165) is 0 Å². The van der Waals surface area contributed by atoms with Crippen molar-refractivity contribution in [1.82, 2.24) is 10.9 Å². The number of hydrogen-bond acceptors (Lipinski definition) is 6. The van der Waals surface area contributed by atoms with Crippen LogP contribution in [0.3, 0.4) is 0 Å². The van der Waals surface area contributed by atoms with Gasteiger partial charge >= 0.3 is 0 Å². The van der Waals surface area contributed by atoms with Gasteiger partial charge < -0.3 is 0 Å². The van der Waals surface area contributed by atoms with E-state index < -0.39 is 26.6 Å². The zero-order chi connectivity index (χ0) is 17.9. The van der Waals surface area contributed by atoms with E-state index in [1.807, 2.05) is 0 Å². The van der Waals surface area contributed by atoms with Crippen LogP contribution in [0.15, 0.2) is 18.2 Å². The highest BCUT2D eigenvalue weighted by atomic mass is 32.2. The molecule has 0 saturated carbocycles. The summed E-state index contributed by atoms with van der Waals surface area (Å²) < 4.78 is 22.7. The monoisotopic (exact) mass is 355 g/mol. The van der Waals surface area contributed by atoms with Gasteiger partial charge in [-0.15, -0.1) is 0 Å². The van der Waals surface area contributed by atoms with Gasteiger partial charge in [0, 0.05) is 23.6 Å². The van der Waals surface area contributed by atoms with Gasteiger partial charge in [-0.2, -0.15) is 0 Å². The number of nitro benzene ring substituents is 1. The van der Waals surface area contributed by atoms with E-state index in [1.165, 1.54) is 25.1 Å². The number of carbonyl (C=O) groups is 2. The molecule has 1 atom stereocenters. The van der Waals surface area contributed by atoms with Crippen LogP contribution >= 0.6 is 0 Å². The molecule has 0 aliphatic carbocycles. The Bertz CT molecular complexity index is 790. The highest BCUT2D eigenvalue weighted by Gasteiger charge is 2.29. The number of rotatable bonds is 4. The molecule has 1 aromatic rings. The first-order valence-corrected chi connectivity index (χ1v) is 9.05. The van der Waals surface area contributed by atoms with E-state index in [1.54, 1.807) is 0 Å². The third-order valence-corrected chi connectivity index (χ3v) is 5.61. The number of nitrogens with zero attached hydrogens (tertiary/aromatic N) is 1. The van der Waals surface area contributed by atoms with Crippen molar-refractivity contribution in [3.63, 3.8) is 0 Å². The molecule has 0 unspecified atom stereocenters. The number of benzene rings is 1. The Morgan fingerprint density at radius 3 is 2.58 bits per heavy atom. The number of carbonyl (C=O) groups excluding carboxylic acids is 2. The molecule has 0 spiro atoms. The van der Waals surface area contributed by atoms with Crippen LogP contribution in [-0.4, -0.2) is 36.7 Å². The Labute approximate surface area is 138 Å². The van der Waals surface area contributed by atoms with Gasteiger partial charge in [0.1, 0.15) is 0 Å². The zero-order valence-corrected chi connectivity index (χ0v) is 13.8. The number of hydrazine groups is 1. The average Bonchev–Trinajstić information content (AvgIpc) is 2.83. The largest absolute Gasteiger partial charge is 0.273 e. The summed E-state index contributed by atoms with van der Waals surface area (Å²) in [7, 11) is -3.05. The Kier molecular flexibility index (Phi) is 5.17. The number of hydrogen-bond donors (Lipinski definition) is 2. The van der Waals surface area contributed by atoms with Crippen molar-refractivity contribution >= 4 is 27.3 Å². The van der Waals surface area contributed by atoms with Crippen molar-refractivity contribution in [1.29, 1.82) is 0 Å². The maximum Gasteiger partial charge on any atom is 0.272 e. The molecule has 0 aromatic heterocycles. The van der Waals surface area contributed by atoms with Crippen LogP contribution < -0.4 is 10.9 Å². The predicted octanol–water partition coefficient (Wildman–Crippen LogP) is 0.489. The molecule has 0 radical (unpaired) electrons. The molecular weight excluding hydrogens is 338 g/mol. The molecule has 2 rings (SSSR count). The van der Waals surface area contributed by atoms with Gasteiger partial charge in [-0.25, -0.2) is 8.42 Å². The third-order valence-electron chi connectivity index (χ3n) is 3.77. The summed E-state index contributed by atoms with van der Waals surface area (Å²) in [6.07, 6.45) is 0.448. The van der Waals surface area contributed by atoms with Crippen molar-refractivity contribution in [2.45, 2.75) is 19.8 Å². The van der Waals surface area contributed by atoms with Gasteiger partial charge in [-0.1, -0.05) is 0 Å².